The van der Waals surface area contributed by atoms with Crippen molar-refractivity contribution in [1.82, 2.24) is 9.66 Å². The summed E-state index contributed by atoms with van der Waals surface area (Å²) in [5.41, 5.74) is 10.8. The molecule has 94 valence electrons. The van der Waals surface area contributed by atoms with Gasteiger partial charge in [0.2, 0.25) is 11.8 Å². The maximum atomic E-state index is 11.1. The largest absolute Gasteiger partial charge is 0.493 e. The fraction of sp³-hybridized carbons (Fsp3) is 0. The number of carbonyl (C=O) groups is 1. The molecule has 2 rings (SSSR count). The number of nitrogens with one attached hydrogen (secondary N) is 2. The van der Waals surface area contributed by atoms with Gasteiger partial charge in [-0.1, -0.05) is 0 Å². The van der Waals surface area contributed by atoms with Gasteiger partial charge in [-0.05, 0) is 6.07 Å². The minimum absolute atomic E-state index is 0.177. The molecule has 0 radical (unpaired) electrons. The molecule has 0 saturated carbocycles. The summed E-state index contributed by atoms with van der Waals surface area (Å²) in [6.07, 6.45) is 2.77. The Morgan fingerprint density at radius 2 is 1.94 bits per heavy atom. The summed E-state index contributed by atoms with van der Waals surface area (Å²) in [4.78, 5) is 14.9. The van der Waals surface area contributed by atoms with E-state index in [1.807, 2.05) is 0 Å². The molecule has 0 spiro atoms. The third-order valence-electron chi connectivity index (χ3n) is 2.23. The van der Waals surface area contributed by atoms with Crippen molar-refractivity contribution in [2.24, 2.45) is 5.73 Å². The Labute approximate surface area is 102 Å². The van der Waals surface area contributed by atoms with Crippen molar-refractivity contribution >= 4 is 11.6 Å². The van der Waals surface area contributed by atoms with Crippen LogP contribution in [-0.4, -0.2) is 25.8 Å². The lowest BCUT2D eigenvalue weighted by molar-refractivity contribution is 0.100. The van der Waals surface area contributed by atoms with E-state index in [0.717, 1.165) is 4.68 Å². The van der Waals surface area contributed by atoms with Crippen LogP contribution in [-0.2, 0) is 0 Å². The first-order valence-corrected chi connectivity index (χ1v) is 4.95. The molecule has 0 atom stereocenters. The van der Waals surface area contributed by atoms with Gasteiger partial charge < -0.3 is 15.9 Å². The minimum Gasteiger partial charge on any atom is -0.493 e. The quantitative estimate of drug-likeness (QED) is 0.484. The van der Waals surface area contributed by atoms with Crippen molar-refractivity contribution in [3.05, 3.63) is 36.2 Å². The highest BCUT2D eigenvalue weighted by atomic mass is 16.3. The van der Waals surface area contributed by atoms with Gasteiger partial charge in [0.25, 0.3) is 5.91 Å². The smallest absolute Gasteiger partial charge is 0.252 e. The van der Waals surface area contributed by atoms with Gasteiger partial charge >= 0.3 is 0 Å². The zero-order valence-corrected chi connectivity index (χ0v) is 9.16. The lowest BCUT2D eigenvalue weighted by Crippen LogP contribution is -2.23. The molecule has 0 fully saturated rings. The van der Waals surface area contributed by atoms with Gasteiger partial charge in [-0.3, -0.25) is 15.2 Å². The monoisotopic (exact) mass is 249 g/mol. The number of hydrogen-bond acceptors (Lipinski definition) is 6. The number of aromatic nitrogens is 2. The van der Waals surface area contributed by atoms with Crippen molar-refractivity contribution < 1.29 is 15.0 Å². The molecule has 0 bridgehead atoms. The summed E-state index contributed by atoms with van der Waals surface area (Å²) < 4.78 is 0.977. The third kappa shape index (κ3) is 2.12. The van der Waals surface area contributed by atoms with E-state index >= 15 is 0 Å². The molecule has 8 nitrogen and oxygen atoms in total. The number of aromatic hydroxyl groups is 2. The lowest BCUT2D eigenvalue weighted by Gasteiger charge is -2.13. The van der Waals surface area contributed by atoms with Gasteiger partial charge in [0.15, 0.2) is 0 Å². The number of primary amides is 1. The Bertz CT molecular complexity index is 561. The Hall–Kier alpha value is -2.90. The molecule has 6 N–H and O–H groups in total. The van der Waals surface area contributed by atoms with E-state index in [4.69, 9.17) is 5.73 Å². The molecule has 2 aromatic heterocycles. The average molecular weight is 249 g/mol. The van der Waals surface area contributed by atoms with Gasteiger partial charge in [-0.2, -0.15) is 4.68 Å². The molecular weight excluding hydrogens is 238 g/mol. The van der Waals surface area contributed by atoms with E-state index in [-0.39, 0.29) is 17.3 Å². The number of amides is 1. The predicted molar refractivity (Wildman–Crippen MR) is 63.5 cm³/mol. The van der Waals surface area contributed by atoms with Gasteiger partial charge in [0, 0.05) is 24.5 Å². The van der Waals surface area contributed by atoms with Crippen LogP contribution in [0.3, 0.4) is 0 Å². The molecule has 0 unspecified atom stereocenters. The Morgan fingerprint density at radius 1 is 1.28 bits per heavy atom. The number of rotatable bonds is 4. The van der Waals surface area contributed by atoms with Crippen molar-refractivity contribution in [1.29, 1.82) is 0 Å². The topological polar surface area (TPSA) is 125 Å². The van der Waals surface area contributed by atoms with Crippen molar-refractivity contribution in [2.75, 3.05) is 11.0 Å². The maximum absolute atomic E-state index is 11.1. The number of hydrazine groups is 1. The number of hydrogen-bond donors (Lipinski definition) is 5. The van der Waals surface area contributed by atoms with Crippen molar-refractivity contribution in [2.45, 2.75) is 0 Å². The van der Waals surface area contributed by atoms with E-state index in [2.05, 4.69) is 15.9 Å². The Kier molecular flexibility index (Phi) is 2.92. The Balaban J connectivity index is 2.18. The van der Waals surface area contributed by atoms with Gasteiger partial charge in [0.05, 0.1) is 11.3 Å². The molecule has 0 aliphatic heterocycles. The van der Waals surface area contributed by atoms with Crippen LogP contribution in [0.1, 0.15) is 10.4 Å². The van der Waals surface area contributed by atoms with E-state index in [0.29, 0.717) is 5.69 Å². The fourth-order valence-corrected chi connectivity index (χ4v) is 1.35. The highest BCUT2D eigenvalue weighted by molar-refractivity contribution is 5.98. The van der Waals surface area contributed by atoms with Crippen LogP contribution in [0.4, 0.5) is 5.69 Å². The molecule has 18 heavy (non-hydrogen) atoms. The molecule has 0 aromatic carbocycles. The van der Waals surface area contributed by atoms with Crippen LogP contribution in [0.15, 0.2) is 30.6 Å². The summed E-state index contributed by atoms with van der Waals surface area (Å²) in [5, 5.41) is 18.8. The molecule has 2 heterocycles. The van der Waals surface area contributed by atoms with Crippen molar-refractivity contribution in [3.63, 3.8) is 0 Å². The van der Waals surface area contributed by atoms with Gasteiger partial charge in [-0.25, -0.2) is 5.53 Å². The predicted octanol–water partition coefficient (Wildman–Crippen LogP) is -0.0362. The minimum atomic E-state index is -0.645. The van der Waals surface area contributed by atoms with Crippen LogP contribution >= 0.6 is 0 Å². The molecular formula is C10H11N5O3. The number of carbonyl (C=O) groups excluding carboxylic acids is 1. The van der Waals surface area contributed by atoms with Crippen LogP contribution < -0.4 is 16.7 Å². The Morgan fingerprint density at radius 3 is 2.56 bits per heavy atom. The number of nitrogens with zero attached hydrogens (tertiary/aromatic N) is 2. The number of nitrogens with two attached hydrogens (primary N) is 1. The van der Waals surface area contributed by atoms with Crippen molar-refractivity contribution in [3.8, 4) is 11.8 Å². The number of pyridine rings is 1. The lowest BCUT2D eigenvalue weighted by atomic mass is 10.2. The standard InChI is InChI=1S/C10H11N5O3/c11-10(18)6-5-12-4-3-7(6)13-14-15-8(16)1-2-9(15)17/h1-5,14,16-17H,(H2,11,18)(H,12,13). The first-order valence-electron chi connectivity index (χ1n) is 4.95. The first-order chi connectivity index (χ1) is 8.59. The highest BCUT2D eigenvalue weighted by Gasteiger charge is 2.09. The average Bonchev–Trinajstić information content (AvgIpc) is 2.67. The summed E-state index contributed by atoms with van der Waals surface area (Å²) in [5.74, 6) is -1.04. The molecule has 8 heteroatoms. The number of anilines is 1. The molecule has 0 aliphatic rings. The highest BCUT2D eigenvalue weighted by Crippen LogP contribution is 2.19. The van der Waals surface area contributed by atoms with Gasteiger partial charge in [0.1, 0.15) is 0 Å². The van der Waals surface area contributed by atoms with Crippen LogP contribution in [0.25, 0.3) is 0 Å². The molecule has 2 aromatic rings. The van der Waals surface area contributed by atoms with E-state index in [1.165, 1.54) is 30.6 Å². The van der Waals surface area contributed by atoms with E-state index in [9.17, 15) is 15.0 Å². The maximum Gasteiger partial charge on any atom is 0.252 e. The van der Waals surface area contributed by atoms with E-state index < -0.39 is 5.91 Å². The van der Waals surface area contributed by atoms with Crippen LogP contribution in [0.5, 0.6) is 11.8 Å². The second kappa shape index (κ2) is 4.53. The van der Waals surface area contributed by atoms with E-state index in [1.54, 1.807) is 0 Å². The SMILES string of the molecule is NC(=O)c1cnccc1NNn1c(O)ccc1O. The third-order valence-corrected chi connectivity index (χ3v) is 2.23. The molecule has 0 aliphatic carbocycles. The summed E-state index contributed by atoms with van der Waals surface area (Å²) >= 11 is 0. The zero-order chi connectivity index (χ0) is 13.1. The molecule has 1 amide bonds. The summed E-state index contributed by atoms with van der Waals surface area (Å²) in [7, 11) is 0. The summed E-state index contributed by atoms with van der Waals surface area (Å²) in [6.45, 7) is 0. The normalized spacial score (nSPS) is 10.0. The zero-order valence-electron chi connectivity index (χ0n) is 9.16. The molecule has 0 saturated heterocycles. The fourth-order valence-electron chi connectivity index (χ4n) is 1.35. The van der Waals surface area contributed by atoms with Crippen LogP contribution in [0.2, 0.25) is 0 Å². The first kappa shape index (κ1) is 11.6. The second-order valence-electron chi connectivity index (χ2n) is 3.41. The van der Waals surface area contributed by atoms with Gasteiger partial charge in [-0.15, -0.1) is 0 Å². The second-order valence-corrected chi connectivity index (χ2v) is 3.41. The summed E-state index contributed by atoms with van der Waals surface area (Å²) in [6, 6.07) is 4.11. The van der Waals surface area contributed by atoms with Crippen LogP contribution in [0, 0.1) is 0 Å².